The van der Waals surface area contributed by atoms with Crippen LogP contribution in [0.2, 0.25) is 5.02 Å². The van der Waals surface area contributed by atoms with E-state index in [4.69, 9.17) is 16.7 Å². The smallest absolute Gasteiger partial charge is 0.312 e. The molecule has 0 saturated carbocycles. The Morgan fingerprint density at radius 1 is 1.75 bits per heavy atom. The van der Waals surface area contributed by atoms with Gasteiger partial charge >= 0.3 is 5.69 Å². The molecule has 0 amide bonds. The molecule has 7 heteroatoms. The van der Waals surface area contributed by atoms with Gasteiger partial charge in [-0.25, -0.2) is 4.98 Å². The Morgan fingerprint density at radius 3 is 3.00 bits per heavy atom. The predicted molar refractivity (Wildman–Crippen MR) is 60.7 cm³/mol. The molecule has 0 aliphatic heterocycles. The van der Waals surface area contributed by atoms with Crippen LogP contribution in [0, 0.1) is 10.1 Å². The zero-order valence-electron chi connectivity index (χ0n) is 8.68. The summed E-state index contributed by atoms with van der Waals surface area (Å²) >= 11 is 5.61. The largest absolute Gasteiger partial charge is 0.393 e. The van der Waals surface area contributed by atoms with Gasteiger partial charge in [0.15, 0.2) is 0 Å². The SMILES string of the molecule is CC(O)CCNc1ncc(Cl)cc1[N+](=O)[O-]. The van der Waals surface area contributed by atoms with Crippen molar-refractivity contribution in [1.29, 1.82) is 0 Å². The van der Waals surface area contributed by atoms with E-state index in [9.17, 15) is 10.1 Å². The number of nitrogens with one attached hydrogen (secondary N) is 1. The second kappa shape index (κ2) is 5.62. The lowest BCUT2D eigenvalue weighted by Gasteiger charge is -2.07. The number of hydrogen-bond donors (Lipinski definition) is 2. The maximum absolute atomic E-state index is 10.7. The number of nitrogens with zero attached hydrogens (tertiary/aromatic N) is 2. The van der Waals surface area contributed by atoms with Gasteiger partial charge in [-0.1, -0.05) is 11.6 Å². The van der Waals surface area contributed by atoms with Gasteiger partial charge in [-0.15, -0.1) is 0 Å². The lowest BCUT2D eigenvalue weighted by molar-refractivity contribution is -0.384. The minimum absolute atomic E-state index is 0.162. The molecule has 1 aromatic heterocycles. The predicted octanol–water partition coefficient (Wildman–Crippen LogP) is 1.83. The maximum atomic E-state index is 10.7. The minimum Gasteiger partial charge on any atom is -0.393 e. The van der Waals surface area contributed by atoms with Crippen molar-refractivity contribution in [2.75, 3.05) is 11.9 Å². The number of nitro groups is 1. The molecule has 0 aliphatic carbocycles. The molecular formula is C9H12ClN3O3. The van der Waals surface area contributed by atoms with Crippen LogP contribution in [0.4, 0.5) is 11.5 Å². The first-order valence-electron chi connectivity index (χ1n) is 4.72. The number of anilines is 1. The molecule has 1 unspecified atom stereocenters. The highest BCUT2D eigenvalue weighted by atomic mass is 35.5. The molecule has 88 valence electrons. The summed E-state index contributed by atoms with van der Waals surface area (Å²) < 4.78 is 0. The zero-order valence-corrected chi connectivity index (χ0v) is 9.44. The number of aliphatic hydroxyl groups excluding tert-OH is 1. The summed E-state index contributed by atoms with van der Waals surface area (Å²) in [4.78, 5) is 14.0. The second-order valence-electron chi connectivity index (χ2n) is 3.34. The van der Waals surface area contributed by atoms with Gasteiger partial charge in [0.1, 0.15) is 0 Å². The molecule has 0 spiro atoms. The number of aromatic nitrogens is 1. The Morgan fingerprint density at radius 2 is 2.44 bits per heavy atom. The van der Waals surface area contributed by atoms with Gasteiger partial charge in [0.05, 0.1) is 16.0 Å². The van der Waals surface area contributed by atoms with E-state index in [0.717, 1.165) is 0 Å². The molecule has 0 saturated heterocycles. The van der Waals surface area contributed by atoms with Crippen LogP contribution >= 0.6 is 11.6 Å². The van der Waals surface area contributed by atoms with Gasteiger partial charge in [0.2, 0.25) is 5.82 Å². The third-order valence-electron chi connectivity index (χ3n) is 1.89. The van der Waals surface area contributed by atoms with Gasteiger partial charge in [-0.05, 0) is 13.3 Å². The Balaban J connectivity index is 2.75. The van der Waals surface area contributed by atoms with Crippen LogP contribution in [0.3, 0.4) is 0 Å². The van der Waals surface area contributed by atoms with Crippen molar-refractivity contribution in [3.05, 3.63) is 27.4 Å². The van der Waals surface area contributed by atoms with Crippen molar-refractivity contribution in [3.8, 4) is 0 Å². The molecule has 6 nitrogen and oxygen atoms in total. The highest BCUT2D eigenvalue weighted by Crippen LogP contribution is 2.24. The topological polar surface area (TPSA) is 88.3 Å². The van der Waals surface area contributed by atoms with E-state index in [1.54, 1.807) is 6.92 Å². The van der Waals surface area contributed by atoms with E-state index in [1.807, 2.05) is 0 Å². The van der Waals surface area contributed by atoms with Crippen molar-refractivity contribution in [2.24, 2.45) is 0 Å². The summed E-state index contributed by atoms with van der Waals surface area (Å²) in [6.07, 6.45) is 1.36. The van der Waals surface area contributed by atoms with Crippen LogP contribution in [0.5, 0.6) is 0 Å². The molecule has 2 N–H and O–H groups in total. The Bertz CT molecular complexity index is 384. The normalized spacial score (nSPS) is 12.2. The van der Waals surface area contributed by atoms with Gasteiger partial charge in [-0.2, -0.15) is 0 Å². The number of hydrogen-bond acceptors (Lipinski definition) is 5. The average molecular weight is 246 g/mol. The number of pyridine rings is 1. The highest BCUT2D eigenvalue weighted by molar-refractivity contribution is 6.30. The van der Waals surface area contributed by atoms with Crippen LogP contribution in [0.15, 0.2) is 12.3 Å². The lowest BCUT2D eigenvalue weighted by Crippen LogP contribution is -2.11. The second-order valence-corrected chi connectivity index (χ2v) is 3.78. The summed E-state index contributed by atoms with van der Waals surface area (Å²) in [5.41, 5.74) is -0.168. The summed E-state index contributed by atoms with van der Waals surface area (Å²) in [6.45, 7) is 2.05. The molecule has 1 atom stereocenters. The van der Waals surface area contributed by atoms with Crippen LogP contribution < -0.4 is 5.32 Å². The van der Waals surface area contributed by atoms with Gasteiger partial charge in [0.25, 0.3) is 0 Å². The standard InChI is InChI=1S/C9H12ClN3O3/c1-6(14)2-3-11-9-8(13(15)16)4-7(10)5-12-9/h4-6,14H,2-3H2,1H3,(H,11,12). The van der Waals surface area contributed by atoms with Gasteiger partial charge in [0, 0.05) is 18.8 Å². The van der Waals surface area contributed by atoms with E-state index < -0.39 is 11.0 Å². The van der Waals surface area contributed by atoms with Crippen molar-refractivity contribution in [2.45, 2.75) is 19.4 Å². The van der Waals surface area contributed by atoms with E-state index in [2.05, 4.69) is 10.3 Å². The molecule has 1 heterocycles. The Hall–Kier alpha value is -1.40. The van der Waals surface area contributed by atoms with Gasteiger partial charge in [-0.3, -0.25) is 10.1 Å². The number of aliphatic hydroxyl groups is 1. The van der Waals surface area contributed by atoms with E-state index in [0.29, 0.717) is 13.0 Å². The zero-order chi connectivity index (χ0) is 12.1. The molecule has 1 aromatic rings. The molecule has 16 heavy (non-hydrogen) atoms. The molecular weight excluding hydrogens is 234 g/mol. The molecule has 0 bridgehead atoms. The maximum Gasteiger partial charge on any atom is 0.312 e. The molecule has 0 aromatic carbocycles. The number of halogens is 1. The van der Waals surface area contributed by atoms with E-state index >= 15 is 0 Å². The molecule has 0 fully saturated rings. The van der Waals surface area contributed by atoms with E-state index in [1.165, 1.54) is 12.3 Å². The Labute approximate surface area is 97.4 Å². The van der Waals surface area contributed by atoms with Crippen LogP contribution in [0.25, 0.3) is 0 Å². The third-order valence-corrected chi connectivity index (χ3v) is 2.09. The monoisotopic (exact) mass is 245 g/mol. The first-order chi connectivity index (χ1) is 7.50. The molecule has 1 rings (SSSR count). The van der Waals surface area contributed by atoms with Crippen molar-refractivity contribution < 1.29 is 10.0 Å². The van der Waals surface area contributed by atoms with E-state index in [-0.39, 0.29) is 16.5 Å². The van der Waals surface area contributed by atoms with Crippen molar-refractivity contribution in [3.63, 3.8) is 0 Å². The fraction of sp³-hybridized carbons (Fsp3) is 0.444. The first kappa shape index (κ1) is 12.7. The molecule has 0 aliphatic rings. The fourth-order valence-corrected chi connectivity index (χ4v) is 1.26. The quantitative estimate of drug-likeness (QED) is 0.610. The molecule has 0 radical (unpaired) electrons. The summed E-state index contributed by atoms with van der Waals surface area (Å²) in [6, 6.07) is 1.24. The first-order valence-corrected chi connectivity index (χ1v) is 5.10. The van der Waals surface area contributed by atoms with Crippen LogP contribution in [0.1, 0.15) is 13.3 Å². The van der Waals surface area contributed by atoms with Gasteiger partial charge < -0.3 is 10.4 Å². The number of rotatable bonds is 5. The Kier molecular flexibility index (Phi) is 4.45. The van der Waals surface area contributed by atoms with Crippen molar-refractivity contribution in [1.82, 2.24) is 4.98 Å². The highest BCUT2D eigenvalue weighted by Gasteiger charge is 2.15. The van der Waals surface area contributed by atoms with Crippen LogP contribution in [-0.4, -0.2) is 27.7 Å². The fourth-order valence-electron chi connectivity index (χ4n) is 1.10. The van der Waals surface area contributed by atoms with Crippen molar-refractivity contribution >= 4 is 23.1 Å². The third kappa shape index (κ3) is 3.63. The summed E-state index contributed by atoms with van der Waals surface area (Å²) in [7, 11) is 0. The average Bonchev–Trinajstić information content (AvgIpc) is 2.19. The summed E-state index contributed by atoms with van der Waals surface area (Å²) in [5.74, 6) is 0.162. The van der Waals surface area contributed by atoms with Crippen LogP contribution in [-0.2, 0) is 0 Å². The summed E-state index contributed by atoms with van der Waals surface area (Å²) in [5, 5.41) is 22.7. The lowest BCUT2D eigenvalue weighted by atomic mass is 10.3. The minimum atomic E-state index is -0.552.